The van der Waals surface area contributed by atoms with Gasteiger partial charge in [-0.05, 0) is 35.2 Å². The summed E-state index contributed by atoms with van der Waals surface area (Å²) in [4.78, 5) is 17.1. The molecule has 2 N–H and O–H groups in total. The normalized spacial score (nSPS) is 11.3. The lowest BCUT2D eigenvalue weighted by Crippen LogP contribution is -2.08. The third kappa shape index (κ3) is 2.50. The summed E-state index contributed by atoms with van der Waals surface area (Å²) in [6.45, 7) is 0. The van der Waals surface area contributed by atoms with Gasteiger partial charge < -0.3 is 5.73 Å². The van der Waals surface area contributed by atoms with Gasteiger partial charge in [-0.2, -0.15) is 0 Å². The van der Waals surface area contributed by atoms with Crippen LogP contribution in [-0.4, -0.2) is 4.98 Å². The average molecular weight is 342 g/mol. The number of fused-ring (bicyclic) bond motifs is 3. The highest BCUT2D eigenvalue weighted by atomic mass is 32.1. The lowest BCUT2D eigenvalue weighted by Gasteiger charge is -2.04. The minimum atomic E-state index is -0.294. The van der Waals surface area contributed by atoms with E-state index >= 15 is 0 Å². The molecule has 2 aromatic carbocycles. The molecule has 3 nitrogen and oxygen atoms in total. The summed E-state index contributed by atoms with van der Waals surface area (Å²) in [6, 6.07) is 10.1. The Balaban J connectivity index is 1.93. The fourth-order valence-electron chi connectivity index (χ4n) is 2.64. The number of nitrogen functional groups attached to an aromatic ring is 1. The molecule has 0 amide bonds. The number of anilines is 1. The molecule has 0 bridgehead atoms. The molecule has 4 aromatic rings. The Labute approximate surface area is 138 Å². The maximum Gasteiger partial charge on any atom is 0.193 e. The van der Waals surface area contributed by atoms with Crippen molar-refractivity contribution in [3.63, 3.8) is 0 Å². The summed E-state index contributed by atoms with van der Waals surface area (Å²) in [5, 5.41) is 2.97. The van der Waals surface area contributed by atoms with Crippen LogP contribution >= 0.6 is 22.7 Å². The number of nitrogens with zero attached hydrogens (tertiary/aromatic N) is 1. The second kappa shape index (κ2) is 5.40. The van der Waals surface area contributed by atoms with Gasteiger partial charge in [0.1, 0.15) is 5.82 Å². The predicted octanol–water partition coefficient (Wildman–Crippen LogP) is 4.18. The Hall–Kier alpha value is -2.31. The SMILES string of the molecule is Nc1nc2ccc3scc(Cc4cccc(F)c4)c(=O)c3c2s1. The van der Waals surface area contributed by atoms with Crippen molar-refractivity contribution in [2.24, 2.45) is 0 Å². The lowest BCUT2D eigenvalue weighted by atomic mass is 10.1. The number of thiazole rings is 1. The lowest BCUT2D eigenvalue weighted by molar-refractivity contribution is 0.626. The highest BCUT2D eigenvalue weighted by Gasteiger charge is 2.12. The van der Waals surface area contributed by atoms with Gasteiger partial charge in [-0.25, -0.2) is 9.37 Å². The van der Waals surface area contributed by atoms with Crippen LogP contribution in [0.25, 0.3) is 20.3 Å². The molecule has 0 spiro atoms. The number of halogens is 1. The molecule has 4 rings (SSSR count). The Kier molecular flexibility index (Phi) is 3.36. The number of aromatic nitrogens is 1. The first kappa shape index (κ1) is 14.3. The summed E-state index contributed by atoms with van der Waals surface area (Å²) in [6.07, 6.45) is 0.410. The fourth-order valence-corrected chi connectivity index (χ4v) is 4.50. The third-order valence-corrected chi connectivity index (χ3v) is 5.58. The monoisotopic (exact) mass is 342 g/mol. The Morgan fingerprint density at radius 2 is 2.09 bits per heavy atom. The summed E-state index contributed by atoms with van der Waals surface area (Å²) in [5.41, 5.74) is 7.93. The number of benzene rings is 2. The van der Waals surface area contributed by atoms with Gasteiger partial charge in [0, 0.05) is 16.7 Å². The van der Waals surface area contributed by atoms with Crippen molar-refractivity contribution in [2.75, 3.05) is 5.73 Å². The number of rotatable bonds is 2. The van der Waals surface area contributed by atoms with Crippen LogP contribution in [0.1, 0.15) is 11.1 Å². The Morgan fingerprint density at radius 3 is 2.91 bits per heavy atom. The molecule has 0 atom stereocenters. The standard InChI is InChI=1S/C17H11FN2OS2/c18-11-3-1-2-9(7-11)6-10-8-22-13-5-4-12-16(14(13)15(10)21)23-17(19)20-12/h1-5,7-8H,6H2,(H2,19,20). The quantitative estimate of drug-likeness (QED) is 0.594. The van der Waals surface area contributed by atoms with Crippen molar-refractivity contribution in [2.45, 2.75) is 6.42 Å². The van der Waals surface area contributed by atoms with Crippen LogP contribution in [0, 0.1) is 5.82 Å². The van der Waals surface area contributed by atoms with E-state index in [0.717, 1.165) is 20.5 Å². The molecule has 0 saturated heterocycles. The molecule has 23 heavy (non-hydrogen) atoms. The zero-order valence-corrected chi connectivity index (χ0v) is 13.5. The topological polar surface area (TPSA) is 56.0 Å². The van der Waals surface area contributed by atoms with Crippen LogP contribution in [0.5, 0.6) is 0 Å². The molecule has 0 unspecified atom stereocenters. The van der Waals surface area contributed by atoms with E-state index in [2.05, 4.69) is 4.98 Å². The second-order valence-corrected chi connectivity index (χ2v) is 7.18. The van der Waals surface area contributed by atoms with Gasteiger partial charge in [0.2, 0.25) is 0 Å². The summed E-state index contributed by atoms with van der Waals surface area (Å²) in [7, 11) is 0. The van der Waals surface area contributed by atoms with E-state index in [4.69, 9.17) is 5.73 Å². The van der Waals surface area contributed by atoms with Crippen molar-refractivity contribution in [1.29, 1.82) is 0 Å². The Bertz CT molecular complexity index is 1100. The second-order valence-electron chi connectivity index (χ2n) is 5.24. The van der Waals surface area contributed by atoms with Crippen molar-refractivity contribution >= 4 is 48.1 Å². The van der Waals surface area contributed by atoms with E-state index in [-0.39, 0.29) is 11.2 Å². The van der Waals surface area contributed by atoms with E-state index in [1.54, 1.807) is 6.07 Å². The van der Waals surface area contributed by atoms with E-state index in [0.29, 0.717) is 22.5 Å². The van der Waals surface area contributed by atoms with Gasteiger partial charge in [-0.3, -0.25) is 4.79 Å². The largest absolute Gasteiger partial charge is 0.375 e. The smallest absolute Gasteiger partial charge is 0.193 e. The molecule has 0 aliphatic carbocycles. The summed E-state index contributed by atoms with van der Waals surface area (Å²) in [5.74, 6) is -0.294. The van der Waals surface area contributed by atoms with Crippen molar-refractivity contribution in [3.05, 3.63) is 68.9 Å². The zero-order valence-electron chi connectivity index (χ0n) is 11.9. The van der Waals surface area contributed by atoms with E-state index in [1.807, 2.05) is 23.6 Å². The number of hydrogen-bond donors (Lipinski definition) is 1. The molecular weight excluding hydrogens is 331 g/mol. The molecule has 0 fully saturated rings. The van der Waals surface area contributed by atoms with Gasteiger partial charge in [0.15, 0.2) is 10.6 Å². The maximum atomic E-state index is 13.3. The third-order valence-electron chi connectivity index (χ3n) is 3.67. The van der Waals surface area contributed by atoms with Crippen LogP contribution in [0.2, 0.25) is 0 Å². The first-order valence-electron chi connectivity index (χ1n) is 6.95. The van der Waals surface area contributed by atoms with E-state index in [1.165, 1.54) is 34.8 Å². The van der Waals surface area contributed by atoms with Crippen LogP contribution in [0.4, 0.5) is 9.52 Å². The van der Waals surface area contributed by atoms with Gasteiger partial charge in [-0.1, -0.05) is 23.5 Å². The predicted molar refractivity (Wildman–Crippen MR) is 94.9 cm³/mol. The molecular formula is C17H11FN2OS2. The van der Waals surface area contributed by atoms with Crippen molar-refractivity contribution in [3.8, 4) is 0 Å². The molecule has 2 heterocycles. The Morgan fingerprint density at radius 1 is 1.22 bits per heavy atom. The van der Waals surface area contributed by atoms with Crippen LogP contribution in [0.15, 0.2) is 46.6 Å². The molecule has 0 radical (unpaired) electrons. The maximum absolute atomic E-state index is 13.3. The van der Waals surface area contributed by atoms with Crippen LogP contribution in [0.3, 0.4) is 0 Å². The highest BCUT2D eigenvalue weighted by molar-refractivity contribution is 7.24. The molecule has 114 valence electrons. The summed E-state index contributed by atoms with van der Waals surface area (Å²) < 4.78 is 15.1. The van der Waals surface area contributed by atoms with E-state index < -0.39 is 0 Å². The minimum Gasteiger partial charge on any atom is -0.375 e. The van der Waals surface area contributed by atoms with Gasteiger partial charge in [0.25, 0.3) is 0 Å². The molecule has 0 saturated carbocycles. The molecule has 0 aliphatic rings. The van der Waals surface area contributed by atoms with Gasteiger partial charge in [-0.15, -0.1) is 11.3 Å². The first-order valence-corrected chi connectivity index (χ1v) is 8.65. The zero-order chi connectivity index (χ0) is 16.0. The molecule has 0 aliphatic heterocycles. The van der Waals surface area contributed by atoms with Crippen LogP contribution in [-0.2, 0) is 6.42 Å². The summed E-state index contributed by atoms with van der Waals surface area (Å²) >= 11 is 2.84. The van der Waals surface area contributed by atoms with Crippen molar-refractivity contribution in [1.82, 2.24) is 4.98 Å². The average Bonchev–Trinajstić information content (AvgIpc) is 2.90. The highest BCUT2D eigenvalue weighted by Crippen LogP contribution is 2.31. The molecule has 2 aromatic heterocycles. The van der Waals surface area contributed by atoms with Gasteiger partial charge >= 0.3 is 0 Å². The number of hydrogen-bond acceptors (Lipinski definition) is 5. The van der Waals surface area contributed by atoms with Crippen molar-refractivity contribution < 1.29 is 4.39 Å². The van der Waals surface area contributed by atoms with Crippen LogP contribution < -0.4 is 11.2 Å². The number of nitrogens with two attached hydrogens (primary N) is 1. The first-order chi connectivity index (χ1) is 11.1. The fraction of sp³-hybridized carbons (Fsp3) is 0.0588. The molecule has 6 heteroatoms. The van der Waals surface area contributed by atoms with Gasteiger partial charge in [0.05, 0.1) is 15.6 Å². The van der Waals surface area contributed by atoms with E-state index in [9.17, 15) is 9.18 Å². The minimum absolute atomic E-state index is 0.0303.